The van der Waals surface area contributed by atoms with Crippen molar-refractivity contribution < 1.29 is 19.0 Å². The summed E-state index contributed by atoms with van der Waals surface area (Å²) in [5.41, 5.74) is 4.14. The van der Waals surface area contributed by atoms with E-state index >= 15 is 0 Å². The first-order valence-electron chi connectivity index (χ1n) is 10.9. The molecular weight excluding hydrogens is 406 g/mol. The number of hydrogen-bond acceptors (Lipinski definition) is 5. The van der Waals surface area contributed by atoms with Crippen LogP contribution in [0.15, 0.2) is 48.5 Å². The zero-order valence-corrected chi connectivity index (χ0v) is 18.8. The van der Waals surface area contributed by atoms with E-state index in [9.17, 15) is 4.79 Å². The lowest BCUT2D eigenvalue weighted by Gasteiger charge is -2.26. The first kappa shape index (κ1) is 21.9. The van der Waals surface area contributed by atoms with E-state index in [0.29, 0.717) is 25.5 Å². The molecule has 2 aromatic carbocycles. The summed E-state index contributed by atoms with van der Waals surface area (Å²) < 4.78 is 16.4. The van der Waals surface area contributed by atoms with E-state index in [-0.39, 0.29) is 11.9 Å². The van der Waals surface area contributed by atoms with Gasteiger partial charge in [-0.25, -0.2) is 0 Å². The van der Waals surface area contributed by atoms with Gasteiger partial charge < -0.3 is 19.1 Å². The molecule has 7 heteroatoms. The lowest BCUT2D eigenvalue weighted by Crippen LogP contribution is -2.31. The van der Waals surface area contributed by atoms with Gasteiger partial charge in [0, 0.05) is 31.4 Å². The quantitative estimate of drug-likeness (QED) is 0.476. The van der Waals surface area contributed by atoms with Gasteiger partial charge in [0.2, 0.25) is 0 Å². The van der Waals surface area contributed by atoms with E-state index in [1.54, 1.807) is 14.2 Å². The summed E-state index contributed by atoms with van der Waals surface area (Å²) in [6.07, 6.45) is 1.68. The molecule has 168 valence electrons. The van der Waals surface area contributed by atoms with Gasteiger partial charge in [0.25, 0.3) is 5.91 Å². The van der Waals surface area contributed by atoms with Crippen LogP contribution in [0.25, 0.3) is 11.3 Å². The summed E-state index contributed by atoms with van der Waals surface area (Å²) in [7, 11) is 3.31. The van der Waals surface area contributed by atoms with Gasteiger partial charge in [-0.15, -0.1) is 0 Å². The second-order valence-corrected chi connectivity index (χ2v) is 7.76. The average Bonchev–Trinajstić information content (AvgIpc) is 3.37. The molecule has 32 heavy (non-hydrogen) atoms. The standard InChI is InChI=1S/C25H29N3O4/c1-4-14-32-20-8-5-7-18(16-20)24-21-22(17-9-11-19(31-3)12-10-17)26-27-23(21)25(29)28(24)13-6-15-30-2/h5,7-12,16,24H,4,6,13-15H2,1-3H3,(H,26,27). The predicted molar refractivity (Wildman–Crippen MR) is 122 cm³/mol. The number of nitrogens with one attached hydrogen (secondary N) is 1. The largest absolute Gasteiger partial charge is 0.497 e. The molecule has 7 nitrogen and oxygen atoms in total. The molecule has 1 atom stereocenters. The molecule has 4 rings (SSSR count). The number of methoxy groups -OCH3 is 2. The summed E-state index contributed by atoms with van der Waals surface area (Å²) >= 11 is 0. The van der Waals surface area contributed by atoms with Gasteiger partial charge in [-0.1, -0.05) is 19.1 Å². The predicted octanol–water partition coefficient (Wildman–Crippen LogP) is 4.46. The summed E-state index contributed by atoms with van der Waals surface area (Å²) in [6, 6.07) is 15.5. The maximum atomic E-state index is 13.3. The van der Waals surface area contributed by atoms with E-state index in [4.69, 9.17) is 14.2 Å². The number of aromatic nitrogens is 2. The number of ether oxygens (including phenoxy) is 3. The Morgan fingerprint density at radius 1 is 1.06 bits per heavy atom. The molecule has 0 spiro atoms. The third-order valence-electron chi connectivity index (χ3n) is 5.62. The van der Waals surface area contributed by atoms with E-state index in [1.807, 2.05) is 53.4 Å². The molecule has 1 unspecified atom stereocenters. The molecule has 0 radical (unpaired) electrons. The first-order valence-corrected chi connectivity index (χ1v) is 10.9. The van der Waals surface area contributed by atoms with Crippen molar-refractivity contribution in [2.45, 2.75) is 25.8 Å². The molecule has 1 N–H and O–H groups in total. The number of nitrogens with zero attached hydrogens (tertiary/aromatic N) is 2. The van der Waals surface area contributed by atoms with Crippen molar-refractivity contribution in [3.05, 3.63) is 65.4 Å². The molecule has 0 aliphatic carbocycles. The Hall–Kier alpha value is -3.32. The fraction of sp³-hybridized carbons (Fsp3) is 0.360. The van der Waals surface area contributed by atoms with Crippen LogP contribution in [-0.2, 0) is 4.74 Å². The van der Waals surface area contributed by atoms with Crippen molar-refractivity contribution in [2.75, 3.05) is 34.0 Å². The lowest BCUT2D eigenvalue weighted by molar-refractivity contribution is 0.0723. The number of carbonyl (C=O) groups is 1. The normalized spacial score (nSPS) is 15.2. The number of amides is 1. The van der Waals surface area contributed by atoms with Crippen LogP contribution in [0.2, 0.25) is 0 Å². The third-order valence-corrected chi connectivity index (χ3v) is 5.62. The SMILES string of the molecule is CCCOc1cccc(C2c3c(-c4ccc(OC)cc4)n[nH]c3C(=O)N2CCCOC)c1. The van der Waals surface area contributed by atoms with Crippen LogP contribution in [0, 0.1) is 0 Å². The number of H-pyrrole nitrogens is 1. The Labute approximate surface area is 188 Å². The van der Waals surface area contributed by atoms with E-state index in [1.165, 1.54) is 0 Å². The average molecular weight is 436 g/mol. The van der Waals surface area contributed by atoms with Crippen LogP contribution >= 0.6 is 0 Å². The highest BCUT2D eigenvalue weighted by molar-refractivity contribution is 6.00. The van der Waals surface area contributed by atoms with Crippen LogP contribution in [0.1, 0.15) is 47.4 Å². The highest BCUT2D eigenvalue weighted by Crippen LogP contribution is 2.43. The fourth-order valence-electron chi connectivity index (χ4n) is 4.12. The fourth-order valence-corrected chi connectivity index (χ4v) is 4.12. The lowest BCUT2D eigenvalue weighted by atomic mass is 9.96. The monoisotopic (exact) mass is 435 g/mol. The van der Waals surface area contributed by atoms with Crippen molar-refractivity contribution in [3.63, 3.8) is 0 Å². The van der Waals surface area contributed by atoms with Crippen molar-refractivity contribution >= 4 is 5.91 Å². The van der Waals surface area contributed by atoms with Gasteiger partial charge in [-0.3, -0.25) is 9.89 Å². The number of fused-ring (bicyclic) bond motifs is 1. The van der Waals surface area contributed by atoms with Gasteiger partial charge in [0.1, 0.15) is 17.2 Å². The second kappa shape index (κ2) is 9.87. The minimum absolute atomic E-state index is 0.0479. The maximum absolute atomic E-state index is 13.3. The number of carbonyl (C=O) groups excluding carboxylic acids is 1. The van der Waals surface area contributed by atoms with Crippen molar-refractivity contribution in [1.82, 2.24) is 15.1 Å². The number of hydrogen-bond donors (Lipinski definition) is 1. The Bertz CT molecular complexity index is 1060. The summed E-state index contributed by atoms with van der Waals surface area (Å²) in [6.45, 7) is 3.91. The van der Waals surface area contributed by atoms with Crippen molar-refractivity contribution in [3.8, 4) is 22.8 Å². The Balaban J connectivity index is 1.77. The second-order valence-electron chi connectivity index (χ2n) is 7.76. The molecule has 0 bridgehead atoms. The zero-order valence-electron chi connectivity index (χ0n) is 18.8. The van der Waals surface area contributed by atoms with E-state index in [2.05, 4.69) is 17.1 Å². The van der Waals surface area contributed by atoms with Crippen molar-refractivity contribution in [1.29, 1.82) is 0 Å². The van der Waals surface area contributed by atoms with E-state index in [0.717, 1.165) is 46.7 Å². The first-order chi connectivity index (χ1) is 15.7. The molecule has 1 aliphatic heterocycles. The molecule has 0 saturated heterocycles. The highest BCUT2D eigenvalue weighted by atomic mass is 16.5. The summed E-state index contributed by atoms with van der Waals surface area (Å²) in [4.78, 5) is 15.2. The third kappa shape index (κ3) is 4.21. The topological polar surface area (TPSA) is 76.7 Å². The van der Waals surface area contributed by atoms with Gasteiger partial charge >= 0.3 is 0 Å². The van der Waals surface area contributed by atoms with E-state index < -0.39 is 0 Å². The smallest absolute Gasteiger partial charge is 0.273 e. The Kier molecular flexibility index (Phi) is 6.75. The van der Waals surface area contributed by atoms with Crippen LogP contribution in [-0.4, -0.2) is 55.0 Å². The summed E-state index contributed by atoms with van der Waals surface area (Å²) in [5, 5.41) is 7.52. The Morgan fingerprint density at radius 3 is 2.59 bits per heavy atom. The number of rotatable bonds is 10. The van der Waals surface area contributed by atoms with Crippen LogP contribution in [0.4, 0.5) is 0 Å². The zero-order chi connectivity index (χ0) is 22.5. The van der Waals surface area contributed by atoms with Crippen LogP contribution in [0.3, 0.4) is 0 Å². The highest BCUT2D eigenvalue weighted by Gasteiger charge is 2.42. The minimum Gasteiger partial charge on any atom is -0.497 e. The minimum atomic E-state index is -0.254. The van der Waals surface area contributed by atoms with Crippen LogP contribution in [0.5, 0.6) is 11.5 Å². The molecule has 1 aliphatic rings. The van der Waals surface area contributed by atoms with Crippen molar-refractivity contribution in [2.24, 2.45) is 0 Å². The summed E-state index contributed by atoms with van der Waals surface area (Å²) in [5.74, 6) is 1.53. The molecule has 1 aromatic heterocycles. The Morgan fingerprint density at radius 2 is 1.88 bits per heavy atom. The molecule has 1 amide bonds. The van der Waals surface area contributed by atoms with Gasteiger partial charge in [0.15, 0.2) is 0 Å². The van der Waals surface area contributed by atoms with Gasteiger partial charge in [-0.05, 0) is 54.8 Å². The van der Waals surface area contributed by atoms with Gasteiger partial charge in [-0.2, -0.15) is 5.10 Å². The maximum Gasteiger partial charge on any atom is 0.273 e. The molecule has 2 heterocycles. The number of benzene rings is 2. The molecule has 0 fully saturated rings. The molecular formula is C25H29N3O4. The molecule has 0 saturated carbocycles. The van der Waals surface area contributed by atoms with Crippen LogP contribution < -0.4 is 9.47 Å². The van der Waals surface area contributed by atoms with Gasteiger partial charge in [0.05, 0.1) is 25.5 Å². The number of aromatic amines is 1. The molecule has 3 aromatic rings.